The lowest BCUT2D eigenvalue weighted by Crippen LogP contribution is -2.16. The molecule has 11 rings (SSSR count). The van der Waals surface area contributed by atoms with Crippen molar-refractivity contribution in [1.29, 1.82) is 0 Å². The van der Waals surface area contributed by atoms with Crippen molar-refractivity contribution in [1.82, 2.24) is 0 Å². The third-order valence-corrected chi connectivity index (χ3v) is 12.3. The Balaban J connectivity index is 1.11. The number of hydrogen-bond donors (Lipinski definition) is 0. The van der Waals surface area contributed by atoms with Gasteiger partial charge in [-0.15, -0.1) is 0 Å². The third kappa shape index (κ3) is 5.96. The Morgan fingerprint density at radius 3 is 1.54 bits per heavy atom. The minimum absolute atomic E-state index is 0.138. The molecule has 1 heterocycles. The predicted molar refractivity (Wildman–Crippen MR) is 246 cm³/mol. The summed E-state index contributed by atoms with van der Waals surface area (Å²) in [5.74, 6) is 1.67. The van der Waals surface area contributed by atoms with Crippen LogP contribution in [0.2, 0.25) is 0 Å². The Morgan fingerprint density at radius 1 is 0.305 bits per heavy atom. The number of nitrogens with zero attached hydrogens (tertiary/aromatic N) is 1. The van der Waals surface area contributed by atoms with Crippen LogP contribution in [0.5, 0.6) is 11.5 Å². The zero-order chi connectivity index (χ0) is 39.5. The second kappa shape index (κ2) is 13.9. The minimum atomic E-state index is -0.138. The molecular weight excluding hydrogens is 715 g/mol. The molecule has 0 amide bonds. The van der Waals surface area contributed by atoms with Crippen LogP contribution in [0.1, 0.15) is 25.0 Å². The van der Waals surface area contributed by atoms with Gasteiger partial charge in [-0.2, -0.15) is 0 Å². The molecule has 0 unspecified atom stereocenters. The Labute approximate surface area is 346 Å². The van der Waals surface area contributed by atoms with E-state index in [2.05, 4.69) is 231 Å². The molecule has 0 radical (unpaired) electrons. The van der Waals surface area contributed by atoms with Crippen molar-refractivity contribution < 1.29 is 4.74 Å². The highest BCUT2D eigenvalue weighted by Crippen LogP contribution is 2.53. The van der Waals surface area contributed by atoms with Gasteiger partial charge in [0.05, 0.1) is 0 Å². The molecule has 2 nitrogen and oxygen atoms in total. The van der Waals surface area contributed by atoms with Crippen LogP contribution in [-0.2, 0) is 5.41 Å². The highest BCUT2D eigenvalue weighted by molar-refractivity contribution is 5.96. The van der Waals surface area contributed by atoms with Crippen LogP contribution in [0.25, 0.3) is 66.8 Å². The molecule has 9 aromatic rings. The van der Waals surface area contributed by atoms with E-state index in [9.17, 15) is 0 Å². The zero-order valence-corrected chi connectivity index (χ0v) is 33.1. The standard InChI is InChI=1S/C57H41NO/c1-57(2)53-24-13-12-23-48(53)49-31-27-46(37-54(49)57)58(44-22-14-21-41(33-44)38-15-6-3-7-16-38)45-28-32-55-52(36-45)47-29-25-42(39-17-8-4-9-18-39)34-51(47)50-30-26-43(35-56(50)59-55)40-19-10-5-11-20-40/h3-37H,1-2H3. The molecule has 0 saturated carbocycles. The Bertz CT molecular complexity index is 3040. The molecule has 1 aliphatic heterocycles. The first-order valence-electron chi connectivity index (χ1n) is 20.4. The number of benzene rings is 9. The lowest BCUT2D eigenvalue weighted by atomic mass is 9.82. The quantitative estimate of drug-likeness (QED) is 0.168. The van der Waals surface area contributed by atoms with Crippen molar-refractivity contribution in [3.63, 3.8) is 0 Å². The van der Waals surface area contributed by atoms with Gasteiger partial charge in [0.25, 0.3) is 0 Å². The van der Waals surface area contributed by atoms with E-state index in [1.165, 1.54) is 44.5 Å². The van der Waals surface area contributed by atoms with E-state index >= 15 is 0 Å². The third-order valence-electron chi connectivity index (χ3n) is 12.3. The molecule has 0 fully saturated rings. The topological polar surface area (TPSA) is 12.5 Å². The van der Waals surface area contributed by atoms with Crippen LogP contribution in [0, 0.1) is 0 Å². The van der Waals surface area contributed by atoms with E-state index in [0.717, 1.165) is 61.9 Å². The van der Waals surface area contributed by atoms with Gasteiger partial charge >= 0.3 is 0 Å². The molecule has 9 aromatic carbocycles. The molecule has 59 heavy (non-hydrogen) atoms. The van der Waals surface area contributed by atoms with Crippen molar-refractivity contribution in [3.05, 3.63) is 223 Å². The summed E-state index contributed by atoms with van der Waals surface area (Å²) in [6.07, 6.45) is 0. The normalized spacial score (nSPS) is 12.8. The van der Waals surface area contributed by atoms with Crippen LogP contribution in [0.3, 0.4) is 0 Å². The van der Waals surface area contributed by atoms with E-state index < -0.39 is 0 Å². The minimum Gasteiger partial charge on any atom is -0.456 e. The summed E-state index contributed by atoms with van der Waals surface area (Å²) >= 11 is 0. The van der Waals surface area contributed by atoms with Crippen LogP contribution >= 0.6 is 0 Å². The average molecular weight is 756 g/mol. The molecule has 1 aliphatic carbocycles. The molecule has 0 atom stereocenters. The predicted octanol–water partition coefficient (Wildman–Crippen LogP) is 15.9. The Morgan fingerprint density at radius 2 is 0.831 bits per heavy atom. The summed E-state index contributed by atoms with van der Waals surface area (Å²) < 4.78 is 7.02. The van der Waals surface area contributed by atoms with Crippen molar-refractivity contribution in [2.75, 3.05) is 4.90 Å². The van der Waals surface area contributed by atoms with Gasteiger partial charge in [-0.05, 0) is 127 Å². The molecule has 280 valence electrons. The first-order chi connectivity index (χ1) is 29.0. The largest absolute Gasteiger partial charge is 0.456 e. The summed E-state index contributed by atoms with van der Waals surface area (Å²) in [6.45, 7) is 4.70. The monoisotopic (exact) mass is 755 g/mol. The number of ether oxygens (including phenoxy) is 1. The fourth-order valence-corrected chi connectivity index (χ4v) is 9.26. The summed E-state index contributed by atoms with van der Waals surface area (Å²) in [6, 6.07) is 76.8. The lowest BCUT2D eigenvalue weighted by Gasteiger charge is -2.29. The van der Waals surface area contributed by atoms with Gasteiger partial charge < -0.3 is 9.64 Å². The van der Waals surface area contributed by atoms with Gasteiger partial charge in [0, 0.05) is 33.6 Å². The first-order valence-corrected chi connectivity index (χ1v) is 20.4. The van der Waals surface area contributed by atoms with Crippen LogP contribution in [0.4, 0.5) is 17.1 Å². The smallest absolute Gasteiger partial charge is 0.135 e. The van der Waals surface area contributed by atoms with E-state index in [1.807, 2.05) is 0 Å². The molecule has 0 aromatic heterocycles. The maximum absolute atomic E-state index is 7.02. The molecule has 0 N–H and O–H groups in total. The van der Waals surface area contributed by atoms with Gasteiger partial charge in [-0.1, -0.05) is 166 Å². The van der Waals surface area contributed by atoms with Crippen LogP contribution < -0.4 is 9.64 Å². The number of rotatable bonds is 6. The van der Waals surface area contributed by atoms with Gasteiger partial charge in [0.15, 0.2) is 0 Å². The lowest BCUT2D eigenvalue weighted by molar-refractivity contribution is 0.488. The van der Waals surface area contributed by atoms with Crippen LogP contribution in [-0.4, -0.2) is 0 Å². The Hall–Kier alpha value is -7.42. The maximum Gasteiger partial charge on any atom is 0.135 e. The molecule has 2 heteroatoms. The average Bonchev–Trinajstić information content (AvgIpc) is 3.43. The van der Waals surface area contributed by atoms with Gasteiger partial charge in [0.1, 0.15) is 11.5 Å². The molecule has 0 saturated heterocycles. The summed E-state index contributed by atoms with van der Waals surface area (Å²) in [7, 11) is 0. The molecule has 0 bridgehead atoms. The van der Waals surface area contributed by atoms with Crippen molar-refractivity contribution in [2.24, 2.45) is 0 Å². The maximum atomic E-state index is 7.02. The van der Waals surface area contributed by atoms with Gasteiger partial charge in [-0.25, -0.2) is 0 Å². The van der Waals surface area contributed by atoms with Crippen molar-refractivity contribution in [2.45, 2.75) is 19.3 Å². The summed E-state index contributed by atoms with van der Waals surface area (Å²) in [5, 5.41) is 0. The zero-order valence-electron chi connectivity index (χ0n) is 33.1. The molecule has 0 spiro atoms. The first kappa shape index (κ1) is 34.8. The molecule has 2 aliphatic rings. The van der Waals surface area contributed by atoms with Gasteiger partial charge in [0.2, 0.25) is 0 Å². The second-order valence-electron chi connectivity index (χ2n) is 16.1. The number of fused-ring (bicyclic) bond motifs is 8. The van der Waals surface area contributed by atoms with Crippen LogP contribution in [0.15, 0.2) is 212 Å². The fourth-order valence-electron chi connectivity index (χ4n) is 9.26. The highest BCUT2D eigenvalue weighted by Gasteiger charge is 2.36. The van der Waals surface area contributed by atoms with Gasteiger partial charge in [-0.3, -0.25) is 0 Å². The SMILES string of the molecule is CC1(C)c2ccccc2-c2ccc(N(c3cccc(-c4ccccc4)c3)c3ccc4c(c3)-c3ccc(-c5ccccc5)cc3-c3ccc(-c5ccccc5)cc3O4)cc21. The number of hydrogen-bond acceptors (Lipinski definition) is 2. The molecular formula is C57H41NO. The number of anilines is 3. The Kier molecular flexibility index (Phi) is 8.20. The summed E-state index contributed by atoms with van der Waals surface area (Å²) in [4.78, 5) is 2.41. The van der Waals surface area contributed by atoms with E-state index in [1.54, 1.807) is 0 Å². The van der Waals surface area contributed by atoms with E-state index in [-0.39, 0.29) is 5.41 Å². The van der Waals surface area contributed by atoms with E-state index in [0.29, 0.717) is 0 Å². The highest BCUT2D eigenvalue weighted by atomic mass is 16.5. The second-order valence-corrected chi connectivity index (χ2v) is 16.1. The van der Waals surface area contributed by atoms with E-state index in [4.69, 9.17) is 4.74 Å². The fraction of sp³-hybridized carbons (Fsp3) is 0.0526. The van der Waals surface area contributed by atoms with Crippen molar-refractivity contribution >= 4 is 17.1 Å². The van der Waals surface area contributed by atoms with Crippen molar-refractivity contribution in [3.8, 4) is 78.3 Å². The summed E-state index contributed by atoms with van der Waals surface area (Å²) in [5.41, 5.74) is 19.8.